The summed E-state index contributed by atoms with van der Waals surface area (Å²) >= 11 is 0. The third kappa shape index (κ3) is 12.7. The van der Waals surface area contributed by atoms with E-state index in [1.165, 1.54) is 13.8 Å². The molecule has 0 saturated carbocycles. The molecule has 0 aliphatic carbocycles. The summed E-state index contributed by atoms with van der Waals surface area (Å²) in [5, 5.41) is 16.8. The minimum atomic E-state index is -1.24. The highest BCUT2D eigenvalue weighted by Gasteiger charge is 2.29. The summed E-state index contributed by atoms with van der Waals surface area (Å²) in [7, 11) is 0. The number of imide groups is 1. The van der Waals surface area contributed by atoms with Gasteiger partial charge in [-0.25, -0.2) is 0 Å². The van der Waals surface area contributed by atoms with Crippen molar-refractivity contribution in [1.82, 2.24) is 15.5 Å². The minimum Gasteiger partial charge on any atom is -0.481 e. The van der Waals surface area contributed by atoms with Crippen molar-refractivity contribution in [3.63, 3.8) is 0 Å². The number of ketones is 1. The molecule has 0 fully saturated rings. The molecular formula is C31H40N4O10. The van der Waals surface area contributed by atoms with Crippen molar-refractivity contribution < 1.29 is 48.2 Å². The van der Waals surface area contributed by atoms with Gasteiger partial charge in [-0.05, 0) is 43.4 Å². The van der Waals surface area contributed by atoms with Crippen molar-refractivity contribution in [2.45, 2.75) is 78.5 Å². The van der Waals surface area contributed by atoms with E-state index in [2.05, 4.69) is 16.0 Å². The molecule has 0 saturated heterocycles. The van der Waals surface area contributed by atoms with Crippen LogP contribution in [0, 0.1) is 11.8 Å². The molecule has 0 spiro atoms. The number of benzene rings is 1. The molecule has 45 heavy (non-hydrogen) atoms. The van der Waals surface area contributed by atoms with Gasteiger partial charge in [0.15, 0.2) is 0 Å². The van der Waals surface area contributed by atoms with Gasteiger partial charge in [0.1, 0.15) is 24.5 Å². The van der Waals surface area contributed by atoms with Gasteiger partial charge in [-0.2, -0.15) is 0 Å². The van der Waals surface area contributed by atoms with E-state index in [1.54, 1.807) is 24.3 Å². The van der Waals surface area contributed by atoms with Crippen LogP contribution in [-0.2, 0) is 49.7 Å². The van der Waals surface area contributed by atoms with E-state index in [-0.39, 0.29) is 44.1 Å². The second-order valence-corrected chi connectivity index (χ2v) is 11.2. The lowest BCUT2D eigenvalue weighted by molar-refractivity contribution is -0.142. The number of ether oxygens (including phenoxy) is 1. The van der Waals surface area contributed by atoms with Gasteiger partial charge in [0.05, 0.1) is 0 Å². The molecule has 2 rings (SSSR count). The highest BCUT2D eigenvalue weighted by molar-refractivity contribution is 6.13. The standard InChI is InChI=1S/C31H40N4O10/c1-18(2)15-22(16-24(37)13-14-35-26(38)10-11-27(35)39)30(43)32-19(3)29(42)34-25(9-12-28(40)41)31(44)33-23-7-5-21(6-8-23)17-45-20(4)36/h5-8,10-11,18-19,22,25H,9,12-17H2,1-4H3,(H,32,43)(H,33,44)(H,34,42)(H,40,41)/t19-,22-,25-/m0/s1. The largest absolute Gasteiger partial charge is 0.481 e. The molecule has 4 N–H and O–H groups in total. The van der Waals surface area contributed by atoms with Gasteiger partial charge in [0.2, 0.25) is 17.7 Å². The summed E-state index contributed by atoms with van der Waals surface area (Å²) < 4.78 is 4.92. The first-order valence-electron chi connectivity index (χ1n) is 14.6. The van der Waals surface area contributed by atoms with Crippen LogP contribution in [-0.4, -0.2) is 75.9 Å². The first-order valence-corrected chi connectivity index (χ1v) is 14.6. The fraction of sp³-hybridized carbons (Fsp3) is 0.484. The van der Waals surface area contributed by atoms with Gasteiger partial charge in [-0.15, -0.1) is 0 Å². The maximum absolute atomic E-state index is 13.1. The van der Waals surface area contributed by atoms with Crippen LogP contribution in [0.15, 0.2) is 36.4 Å². The predicted octanol–water partition coefficient (Wildman–Crippen LogP) is 1.48. The number of carbonyl (C=O) groups is 8. The van der Waals surface area contributed by atoms with Gasteiger partial charge in [0.25, 0.3) is 11.8 Å². The van der Waals surface area contributed by atoms with E-state index in [4.69, 9.17) is 9.84 Å². The van der Waals surface area contributed by atoms with Crippen LogP contribution in [0.25, 0.3) is 0 Å². The van der Waals surface area contributed by atoms with Gasteiger partial charge < -0.3 is 25.8 Å². The molecule has 244 valence electrons. The number of hydrogen-bond acceptors (Lipinski definition) is 9. The smallest absolute Gasteiger partial charge is 0.303 e. The van der Waals surface area contributed by atoms with Crippen molar-refractivity contribution in [3.8, 4) is 0 Å². The lowest BCUT2D eigenvalue weighted by atomic mass is 9.90. The molecule has 0 radical (unpaired) electrons. The van der Waals surface area contributed by atoms with E-state index < -0.39 is 65.9 Å². The molecule has 14 heteroatoms. The van der Waals surface area contributed by atoms with E-state index in [1.807, 2.05) is 13.8 Å². The lowest BCUT2D eigenvalue weighted by Gasteiger charge is -2.23. The van der Waals surface area contributed by atoms with Crippen molar-refractivity contribution >= 4 is 52.9 Å². The van der Waals surface area contributed by atoms with Crippen molar-refractivity contribution in [2.24, 2.45) is 11.8 Å². The number of nitrogens with zero attached hydrogens (tertiary/aromatic N) is 1. The summed E-state index contributed by atoms with van der Waals surface area (Å²) in [6.07, 6.45) is 1.66. The predicted molar refractivity (Wildman–Crippen MR) is 160 cm³/mol. The fourth-order valence-corrected chi connectivity index (χ4v) is 4.45. The second kappa shape index (κ2) is 17.4. The third-order valence-electron chi connectivity index (χ3n) is 6.81. The normalized spacial score (nSPS) is 14.5. The Balaban J connectivity index is 2.00. The molecule has 14 nitrogen and oxygen atoms in total. The Morgan fingerprint density at radius 2 is 1.49 bits per heavy atom. The van der Waals surface area contributed by atoms with Crippen LogP contribution in [0.2, 0.25) is 0 Å². The number of carboxylic acid groups (broad SMARTS) is 1. The highest BCUT2D eigenvalue weighted by Crippen LogP contribution is 2.18. The maximum atomic E-state index is 13.1. The highest BCUT2D eigenvalue weighted by atomic mass is 16.5. The number of anilines is 1. The first-order chi connectivity index (χ1) is 21.2. The van der Waals surface area contributed by atoms with Crippen LogP contribution < -0.4 is 16.0 Å². The Labute approximate surface area is 260 Å². The average Bonchev–Trinajstić information content (AvgIpc) is 3.28. The zero-order valence-corrected chi connectivity index (χ0v) is 25.8. The number of carboxylic acids is 1. The number of esters is 1. The van der Waals surface area contributed by atoms with Crippen molar-refractivity contribution in [2.75, 3.05) is 11.9 Å². The first kappa shape index (κ1) is 36.3. The van der Waals surface area contributed by atoms with Crippen LogP contribution in [0.1, 0.15) is 65.4 Å². The molecule has 1 heterocycles. The van der Waals surface area contributed by atoms with Gasteiger partial charge in [-0.3, -0.25) is 43.3 Å². The average molecular weight is 629 g/mol. The van der Waals surface area contributed by atoms with Gasteiger partial charge in [0, 0.05) is 56.5 Å². The molecule has 0 bridgehead atoms. The third-order valence-corrected chi connectivity index (χ3v) is 6.81. The number of carbonyl (C=O) groups excluding carboxylic acids is 7. The van der Waals surface area contributed by atoms with Crippen LogP contribution >= 0.6 is 0 Å². The Morgan fingerprint density at radius 1 is 0.867 bits per heavy atom. The Hall–Kier alpha value is -4.88. The molecule has 1 aliphatic heterocycles. The second-order valence-electron chi connectivity index (χ2n) is 11.2. The summed E-state index contributed by atoms with van der Waals surface area (Å²) in [5.41, 5.74) is 1.04. The van der Waals surface area contributed by atoms with Gasteiger partial charge >= 0.3 is 11.9 Å². The number of hydrogen-bond donors (Lipinski definition) is 4. The Kier molecular flexibility index (Phi) is 14.1. The number of amides is 5. The molecule has 1 aromatic carbocycles. The zero-order valence-electron chi connectivity index (χ0n) is 25.8. The summed E-state index contributed by atoms with van der Waals surface area (Å²) in [4.78, 5) is 98.4. The molecular weight excluding hydrogens is 588 g/mol. The Morgan fingerprint density at radius 3 is 2.04 bits per heavy atom. The van der Waals surface area contributed by atoms with Crippen molar-refractivity contribution in [3.05, 3.63) is 42.0 Å². The molecule has 1 aromatic rings. The van der Waals surface area contributed by atoms with Crippen LogP contribution in [0.3, 0.4) is 0 Å². The van der Waals surface area contributed by atoms with E-state index in [0.717, 1.165) is 17.1 Å². The van der Waals surface area contributed by atoms with Gasteiger partial charge in [-0.1, -0.05) is 26.0 Å². The number of rotatable bonds is 18. The molecule has 0 unspecified atom stereocenters. The number of Topliss-reactive ketones (excluding diaryl/α,β-unsaturated/α-hetero) is 1. The number of aliphatic carboxylic acids is 1. The molecule has 5 amide bonds. The minimum absolute atomic E-state index is 0.0310. The van der Waals surface area contributed by atoms with E-state index in [0.29, 0.717) is 17.7 Å². The molecule has 3 atom stereocenters. The monoisotopic (exact) mass is 628 g/mol. The molecule has 0 aromatic heterocycles. The topological polar surface area (TPSA) is 205 Å². The number of nitrogens with one attached hydrogen (secondary N) is 3. The van der Waals surface area contributed by atoms with Crippen LogP contribution in [0.5, 0.6) is 0 Å². The SMILES string of the molecule is CC(=O)OCc1ccc(NC(=O)[C@H](CCC(=O)O)NC(=O)[C@H](C)NC(=O)[C@H](CC(=O)CCN2C(=O)C=CC2=O)CC(C)C)cc1. The molecule has 1 aliphatic rings. The fourth-order valence-electron chi connectivity index (χ4n) is 4.45. The lowest BCUT2D eigenvalue weighted by Crippen LogP contribution is -2.52. The summed E-state index contributed by atoms with van der Waals surface area (Å²) in [5.74, 6) is -5.68. The zero-order chi connectivity index (χ0) is 33.7. The quantitative estimate of drug-likeness (QED) is 0.136. The van der Waals surface area contributed by atoms with E-state index in [9.17, 15) is 38.4 Å². The Bertz CT molecular complexity index is 1300. The van der Waals surface area contributed by atoms with Crippen LogP contribution in [0.4, 0.5) is 5.69 Å². The summed E-state index contributed by atoms with van der Waals surface area (Å²) in [6, 6.07) is 4.00. The van der Waals surface area contributed by atoms with Crippen molar-refractivity contribution in [1.29, 1.82) is 0 Å². The summed E-state index contributed by atoms with van der Waals surface area (Å²) in [6.45, 7) is 6.36. The maximum Gasteiger partial charge on any atom is 0.303 e. The van der Waals surface area contributed by atoms with E-state index >= 15 is 0 Å².